The second kappa shape index (κ2) is 4.58. The fourth-order valence-corrected chi connectivity index (χ4v) is 2.48. The van der Waals surface area contributed by atoms with Crippen LogP contribution in [0.1, 0.15) is 17.5 Å². The molecule has 2 nitrogen and oxygen atoms in total. The van der Waals surface area contributed by atoms with E-state index in [2.05, 4.69) is 34.6 Å². The maximum absolute atomic E-state index is 4.32. The zero-order valence-corrected chi connectivity index (χ0v) is 9.76. The van der Waals surface area contributed by atoms with Crippen LogP contribution in [0.5, 0.6) is 0 Å². The highest BCUT2D eigenvalue weighted by Gasteiger charge is 2.17. The second-order valence-corrected chi connectivity index (χ2v) is 4.57. The first-order valence-corrected chi connectivity index (χ1v) is 6.16. The van der Waals surface area contributed by atoms with Crippen molar-refractivity contribution in [3.8, 4) is 0 Å². The smallest absolute Gasteiger partial charge is 0.126 e. The Labute approximate surface area is 102 Å². The van der Waals surface area contributed by atoms with Gasteiger partial charge in [0, 0.05) is 12.2 Å². The van der Waals surface area contributed by atoms with Gasteiger partial charge in [-0.3, -0.25) is 0 Å². The van der Waals surface area contributed by atoms with Gasteiger partial charge in [0.05, 0.1) is 0 Å². The number of nitrogens with zero attached hydrogens (tertiary/aromatic N) is 1. The van der Waals surface area contributed by atoms with Crippen LogP contribution in [0.3, 0.4) is 0 Å². The lowest BCUT2D eigenvalue weighted by Gasteiger charge is -2.25. The van der Waals surface area contributed by atoms with Crippen LogP contribution in [-0.4, -0.2) is 11.0 Å². The van der Waals surface area contributed by atoms with Gasteiger partial charge in [-0.25, -0.2) is 4.98 Å². The predicted octanol–water partition coefficient (Wildman–Crippen LogP) is 3.05. The van der Waals surface area contributed by atoms with E-state index in [0.29, 0.717) is 6.04 Å². The van der Waals surface area contributed by atoms with Crippen molar-refractivity contribution in [2.75, 3.05) is 5.32 Å². The standard InChI is InChI=1S/C15H16N2/c1-2-6-13-11-14(9-8-12(13)5-1)17-15-7-3-4-10-16-15/h1-7,10,14H,8-9,11H2,(H,16,17)/t14-/m0/s1. The Morgan fingerprint density at radius 1 is 1.00 bits per heavy atom. The number of fused-ring (bicyclic) bond motifs is 1. The Hall–Kier alpha value is -1.83. The monoisotopic (exact) mass is 224 g/mol. The predicted molar refractivity (Wildman–Crippen MR) is 70.1 cm³/mol. The van der Waals surface area contributed by atoms with E-state index < -0.39 is 0 Å². The Kier molecular flexibility index (Phi) is 2.78. The van der Waals surface area contributed by atoms with Crippen molar-refractivity contribution >= 4 is 5.82 Å². The van der Waals surface area contributed by atoms with E-state index in [1.165, 1.54) is 24.0 Å². The zero-order valence-electron chi connectivity index (χ0n) is 9.76. The number of anilines is 1. The van der Waals surface area contributed by atoms with Gasteiger partial charge in [0.1, 0.15) is 5.82 Å². The van der Waals surface area contributed by atoms with Crippen LogP contribution < -0.4 is 5.32 Å². The lowest BCUT2D eigenvalue weighted by molar-refractivity contribution is 0.609. The number of nitrogens with one attached hydrogen (secondary N) is 1. The number of aryl methyl sites for hydroxylation is 1. The Morgan fingerprint density at radius 2 is 1.82 bits per heavy atom. The third-order valence-corrected chi connectivity index (χ3v) is 3.36. The van der Waals surface area contributed by atoms with E-state index in [1.807, 2.05) is 24.4 Å². The van der Waals surface area contributed by atoms with Crippen molar-refractivity contribution in [2.45, 2.75) is 25.3 Å². The highest BCUT2D eigenvalue weighted by Crippen LogP contribution is 2.22. The molecule has 1 heterocycles. The highest BCUT2D eigenvalue weighted by atomic mass is 15.0. The molecule has 2 heteroatoms. The van der Waals surface area contributed by atoms with Crippen LogP contribution in [0.15, 0.2) is 48.7 Å². The molecule has 0 unspecified atom stereocenters. The molecule has 1 atom stereocenters. The molecule has 17 heavy (non-hydrogen) atoms. The minimum Gasteiger partial charge on any atom is -0.367 e. The van der Waals surface area contributed by atoms with Crippen LogP contribution in [0.2, 0.25) is 0 Å². The van der Waals surface area contributed by atoms with Gasteiger partial charge >= 0.3 is 0 Å². The van der Waals surface area contributed by atoms with Crippen LogP contribution in [-0.2, 0) is 12.8 Å². The minimum atomic E-state index is 0.514. The molecular weight excluding hydrogens is 208 g/mol. The number of hydrogen-bond acceptors (Lipinski definition) is 2. The first-order valence-electron chi connectivity index (χ1n) is 6.16. The molecule has 1 aromatic carbocycles. The van der Waals surface area contributed by atoms with Crippen molar-refractivity contribution in [1.29, 1.82) is 0 Å². The Balaban J connectivity index is 1.72. The van der Waals surface area contributed by atoms with Crippen molar-refractivity contribution in [3.63, 3.8) is 0 Å². The third-order valence-electron chi connectivity index (χ3n) is 3.36. The summed E-state index contributed by atoms with van der Waals surface area (Å²) in [5.41, 5.74) is 2.98. The Morgan fingerprint density at radius 3 is 2.65 bits per heavy atom. The number of benzene rings is 1. The second-order valence-electron chi connectivity index (χ2n) is 4.57. The largest absolute Gasteiger partial charge is 0.367 e. The van der Waals surface area contributed by atoms with Gasteiger partial charge in [-0.05, 0) is 42.5 Å². The van der Waals surface area contributed by atoms with Gasteiger partial charge in [0.25, 0.3) is 0 Å². The number of rotatable bonds is 2. The van der Waals surface area contributed by atoms with Crippen molar-refractivity contribution in [3.05, 3.63) is 59.8 Å². The average Bonchev–Trinajstić information content (AvgIpc) is 2.40. The van der Waals surface area contributed by atoms with Crippen molar-refractivity contribution in [1.82, 2.24) is 4.98 Å². The lowest BCUT2D eigenvalue weighted by atomic mass is 9.88. The fraction of sp³-hybridized carbons (Fsp3) is 0.267. The molecule has 0 amide bonds. The van der Waals surface area contributed by atoms with Gasteiger partial charge in [-0.15, -0.1) is 0 Å². The van der Waals surface area contributed by atoms with E-state index in [-0.39, 0.29) is 0 Å². The summed E-state index contributed by atoms with van der Waals surface area (Å²) in [6.45, 7) is 0. The molecule has 0 bridgehead atoms. The summed E-state index contributed by atoms with van der Waals surface area (Å²) in [6, 6.07) is 15.2. The van der Waals surface area contributed by atoms with E-state index in [4.69, 9.17) is 0 Å². The molecule has 0 spiro atoms. The summed E-state index contributed by atoms with van der Waals surface area (Å²) >= 11 is 0. The van der Waals surface area contributed by atoms with E-state index >= 15 is 0 Å². The molecule has 2 aromatic rings. The SMILES string of the molecule is c1ccc(N[C@H]2CCc3ccccc3C2)nc1. The number of aromatic nitrogens is 1. The van der Waals surface area contributed by atoms with Crippen LogP contribution >= 0.6 is 0 Å². The van der Waals surface area contributed by atoms with Gasteiger partial charge in [-0.2, -0.15) is 0 Å². The average molecular weight is 224 g/mol. The molecule has 86 valence electrons. The molecule has 0 saturated carbocycles. The van der Waals surface area contributed by atoms with E-state index in [1.54, 1.807) is 0 Å². The van der Waals surface area contributed by atoms with Gasteiger partial charge < -0.3 is 5.32 Å². The van der Waals surface area contributed by atoms with Gasteiger partial charge in [-0.1, -0.05) is 30.3 Å². The molecule has 0 fully saturated rings. The molecule has 1 aliphatic rings. The molecule has 0 saturated heterocycles. The molecule has 1 N–H and O–H groups in total. The van der Waals surface area contributed by atoms with E-state index in [9.17, 15) is 0 Å². The maximum atomic E-state index is 4.32. The molecule has 1 aromatic heterocycles. The van der Waals surface area contributed by atoms with Crippen LogP contribution in [0.25, 0.3) is 0 Å². The van der Waals surface area contributed by atoms with Crippen molar-refractivity contribution < 1.29 is 0 Å². The summed E-state index contributed by atoms with van der Waals surface area (Å²) in [7, 11) is 0. The van der Waals surface area contributed by atoms with Crippen LogP contribution in [0.4, 0.5) is 5.82 Å². The molecule has 1 aliphatic carbocycles. The summed E-state index contributed by atoms with van der Waals surface area (Å²) in [5.74, 6) is 0.983. The first-order chi connectivity index (χ1) is 8.42. The fourth-order valence-electron chi connectivity index (χ4n) is 2.48. The third kappa shape index (κ3) is 2.31. The lowest BCUT2D eigenvalue weighted by Crippen LogP contribution is -2.27. The van der Waals surface area contributed by atoms with Gasteiger partial charge in [0.15, 0.2) is 0 Å². The summed E-state index contributed by atoms with van der Waals surface area (Å²) in [6.07, 6.45) is 5.29. The summed E-state index contributed by atoms with van der Waals surface area (Å²) < 4.78 is 0. The van der Waals surface area contributed by atoms with E-state index in [0.717, 1.165) is 12.2 Å². The maximum Gasteiger partial charge on any atom is 0.126 e. The van der Waals surface area contributed by atoms with Crippen molar-refractivity contribution in [2.24, 2.45) is 0 Å². The first kappa shape index (κ1) is 10.3. The topological polar surface area (TPSA) is 24.9 Å². The quantitative estimate of drug-likeness (QED) is 0.848. The molecule has 0 aliphatic heterocycles. The van der Waals surface area contributed by atoms with Crippen LogP contribution in [0, 0.1) is 0 Å². The number of pyridine rings is 1. The highest BCUT2D eigenvalue weighted by molar-refractivity contribution is 5.38. The summed E-state index contributed by atoms with van der Waals surface area (Å²) in [5, 5.41) is 3.51. The van der Waals surface area contributed by atoms with Gasteiger partial charge in [0.2, 0.25) is 0 Å². The Bertz CT molecular complexity index is 493. The molecule has 0 radical (unpaired) electrons. The summed E-state index contributed by atoms with van der Waals surface area (Å²) in [4.78, 5) is 4.32. The molecular formula is C15H16N2. The number of hydrogen-bond donors (Lipinski definition) is 1. The molecule has 3 rings (SSSR count). The zero-order chi connectivity index (χ0) is 11.5. The normalized spacial score (nSPS) is 18.5. The minimum absolute atomic E-state index is 0.514.